The third-order valence-corrected chi connectivity index (χ3v) is 5.69. The molecule has 2 aromatic carbocycles. The van der Waals surface area contributed by atoms with E-state index in [-0.39, 0.29) is 29.9 Å². The summed E-state index contributed by atoms with van der Waals surface area (Å²) >= 11 is 0. The summed E-state index contributed by atoms with van der Waals surface area (Å²) < 4.78 is 32.5. The van der Waals surface area contributed by atoms with Crippen molar-refractivity contribution in [2.45, 2.75) is 4.90 Å². The highest BCUT2D eigenvalue weighted by Gasteiger charge is 2.27. The number of hydrogen-bond acceptors (Lipinski definition) is 7. The van der Waals surface area contributed by atoms with E-state index >= 15 is 0 Å². The predicted octanol–water partition coefficient (Wildman–Crippen LogP) is 1.64. The monoisotopic (exact) mass is 439 g/mol. The van der Waals surface area contributed by atoms with Gasteiger partial charge in [0, 0.05) is 18.1 Å². The normalized spacial score (nSPS) is 13.2. The number of amides is 2. The van der Waals surface area contributed by atoms with E-state index in [4.69, 9.17) is 4.74 Å². The average Bonchev–Trinajstić information content (AvgIpc) is 2.76. The molecular formula is C20H17N5O5S. The molecule has 2 heterocycles. The molecular weight excluding hydrogens is 422 g/mol. The molecule has 4 rings (SSSR count). The molecule has 0 unspecified atom stereocenters. The molecule has 0 saturated carbocycles. The Morgan fingerprint density at radius 1 is 1.03 bits per heavy atom. The van der Waals surface area contributed by atoms with Crippen molar-refractivity contribution in [2.75, 3.05) is 28.1 Å². The van der Waals surface area contributed by atoms with E-state index in [9.17, 15) is 18.0 Å². The van der Waals surface area contributed by atoms with Gasteiger partial charge in [-0.25, -0.2) is 23.1 Å². The first-order valence-electron chi connectivity index (χ1n) is 9.14. The molecule has 0 aliphatic carbocycles. The molecule has 2 N–H and O–H groups in total. The van der Waals surface area contributed by atoms with Gasteiger partial charge in [-0.15, -0.1) is 0 Å². The zero-order chi connectivity index (χ0) is 21.8. The summed E-state index contributed by atoms with van der Waals surface area (Å²) in [5.74, 6) is -0.282. The fourth-order valence-corrected chi connectivity index (χ4v) is 3.88. The van der Waals surface area contributed by atoms with Gasteiger partial charge >= 0.3 is 0 Å². The molecule has 0 bridgehead atoms. The second-order valence-electron chi connectivity index (χ2n) is 6.49. The minimum Gasteiger partial charge on any atom is -0.482 e. The highest BCUT2D eigenvalue weighted by Crippen LogP contribution is 2.31. The second-order valence-corrected chi connectivity index (χ2v) is 8.17. The molecule has 0 atom stereocenters. The molecule has 1 aromatic heterocycles. The first kappa shape index (κ1) is 20.3. The van der Waals surface area contributed by atoms with Gasteiger partial charge in [-0.3, -0.25) is 14.5 Å². The molecule has 10 nitrogen and oxygen atoms in total. The predicted molar refractivity (Wildman–Crippen MR) is 112 cm³/mol. The lowest BCUT2D eigenvalue weighted by Gasteiger charge is -2.28. The Kier molecular flexibility index (Phi) is 5.50. The average molecular weight is 439 g/mol. The third-order valence-electron chi connectivity index (χ3n) is 4.35. The lowest BCUT2D eigenvalue weighted by atomic mass is 10.2. The van der Waals surface area contributed by atoms with Crippen LogP contribution in [0.5, 0.6) is 5.75 Å². The van der Waals surface area contributed by atoms with Crippen LogP contribution in [0.2, 0.25) is 0 Å². The van der Waals surface area contributed by atoms with Crippen LogP contribution in [0.15, 0.2) is 71.9 Å². The van der Waals surface area contributed by atoms with Crippen LogP contribution < -0.4 is 19.7 Å². The van der Waals surface area contributed by atoms with Crippen LogP contribution in [0, 0.1) is 0 Å². The van der Waals surface area contributed by atoms with E-state index in [2.05, 4.69) is 20.0 Å². The lowest BCUT2D eigenvalue weighted by Crippen LogP contribution is -2.43. The standard InChI is InChI=1S/C20H17N5O5S/c26-18(12-25-16-4-1-2-5-17(16)30-13-19(25)27)23-14-6-8-15(9-7-14)31(28,29)24-20-21-10-3-11-22-20/h1-11H,12-13H2,(H,23,26)(H,21,22,24). The molecule has 0 radical (unpaired) electrons. The summed E-state index contributed by atoms with van der Waals surface area (Å²) in [4.78, 5) is 33.6. The number of sulfonamides is 1. The first-order valence-corrected chi connectivity index (χ1v) is 10.6. The second kappa shape index (κ2) is 8.40. The van der Waals surface area contributed by atoms with Gasteiger partial charge in [-0.2, -0.15) is 0 Å². The lowest BCUT2D eigenvalue weighted by molar-refractivity contribution is -0.123. The van der Waals surface area contributed by atoms with Crippen molar-refractivity contribution >= 4 is 39.2 Å². The Morgan fingerprint density at radius 2 is 1.74 bits per heavy atom. The summed E-state index contributed by atoms with van der Waals surface area (Å²) in [6.07, 6.45) is 2.84. The molecule has 11 heteroatoms. The number of hydrogen-bond donors (Lipinski definition) is 2. The van der Waals surface area contributed by atoms with Crippen molar-refractivity contribution in [2.24, 2.45) is 0 Å². The highest BCUT2D eigenvalue weighted by molar-refractivity contribution is 7.92. The van der Waals surface area contributed by atoms with Gasteiger partial charge < -0.3 is 10.1 Å². The van der Waals surface area contributed by atoms with Crippen molar-refractivity contribution in [3.05, 3.63) is 67.0 Å². The summed E-state index contributed by atoms with van der Waals surface area (Å²) in [5.41, 5.74) is 0.901. The van der Waals surface area contributed by atoms with Crippen LogP contribution in [0.4, 0.5) is 17.3 Å². The number of benzene rings is 2. The topological polar surface area (TPSA) is 131 Å². The van der Waals surface area contributed by atoms with Crippen molar-refractivity contribution in [3.63, 3.8) is 0 Å². The number of fused-ring (bicyclic) bond motifs is 1. The number of carbonyl (C=O) groups is 2. The van der Waals surface area contributed by atoms with Crippen LogP contribution in [-0.4, -0.2) is 43.4 Å². The van der Waals surface area contributed by atoms with Crippen LogP contribution >= 0.6 is 0 Å². The summed E-state index contributed by atoms with van der Waals surface area (Å²) in [6.45, 7) is -0.346. The van der Waals surface area contributed by atoms with Gasteiger partial charge in [0.05, 0.1) is 10.6 Å². The zero-order valence-corrected chi connectivity index (χ0v) is 16.9. The summed E-state index contributed by atoms with van der Waals surface area (Å²) in [7, 11) is -3.88. The molecule has 0 spiro atoms. The number of anilines is 3. The van der Waals surface area contributed by atoms with Crippen LogP contribution in [-0.2, 0) is 19.6 Å². The van der Waals surface area contributed by atoms with E-state index in [0.29, 0.717) is 17.1 Å². The van der Waals surface area contributed by atoms with Gasteiger partial charge in [-0.05, 0) is 42.5 Å². The number of aromatic nitrogens is 2. The molecule has 158 valence electrons. The minimum absolute atomic E-state index is 0.0183. The molecule has 1 aliphatic heterocycles. The largest absolute Gasteiger partial charge is 0.482 e. The van der Waals surface area contributed by atoms with Crippen molar-refractivity contribution in [1.82, 2.24) is 9.97 Å². The van der Waals surface area contributed by atoms with Gasteiger partial charge in [0.2, 0.25) is 11.9 Å². The van der Waals surface area contributed by atoms with E-state index in [1.807, 2.05) is 0 Å². The Bertz CT molecular complexity index is 1220. The number of para-hydroxylation sites is 2. The van der Waals surface area contributed by atoms with Gasteiger partial charge in [0.15, 0.2) is 6.61 Å². The number of nitrogens with zero attached hydrogens (tertiary/aromatic N) is 3. The highest BCUT2D eigenvalue weighted by atomic mass is 32.2. The number of carbonyl (C=O) groups excluding carboxylic acids is 2. The van der Waals surface area contributed by atoms with E-state index in [1.54, 1.807) is 30.3 Å². The van der Waals surface area contributed by atoms with Crippen LogP contribution in [0.3, 0.4) is 0 Å². The van der Waals surface area contributed by atoms with Crippen molar-refractivity contribution in [1.29, 1.82) is 0 Å². The SMILES string of the molecule is O=C(CN1C(=O)COc2ccccc21)Nc1ccc(S(=O)(=O)Nc2ncccn2)cc1. The maximum atomic E-state index is 12.5. The minimum atomic E-state index is -3.88. The van der Waals surface area contributed by atoms with Crippen molar-refractivity contribution < 1.29 is 22.7 Å². The molecule has 0 fully saturated rings. The van der Waals surface area contributed by atoms with Crippen LogP contribution in [0.25, 0.3) is 0 Å². The maximum absolute atomic E-state index is 12.5. The Balaban J connectivity index is 1.42. The number of nitrogens with one attached hydrogen (secondary N) is 2. The Labute approximate surface area is 177 Å². The Morgan fingerprint density at radius 3 is 2.48 bits per heavy atom. The van der Waals surface area contributed by atoms with Gasteiger partial charge in [0.25, 0.3) is 15.9 Å². The third kappa shape index (κ3) is 4.61. The van der Waals surface area contributed by atoms with Gasteiger partial charge in [-0.1, -0.05) is 12.1 Å². The van der Waals surface area contributed by atoms with Crippen molar-refractivity contribution in [3.8, 4) is 5.75 Å². The van der Waals surface area contributed by atoms with E-state index in [0.717, 1.165) is 0 Å². The maximum Gasteiger partial charge on any atom is 0.265 e. The smallest absolute Gasteiger partial charge is 0.265 e. The Hall–Kier alpha value is -3.99. The molecule has 0 saturated heterocycles. The molecule has 3 aromatic rings. The van der Waals surface area contributed by atoms with E-state index in [1.165, 1.54) is 41.6 Å². The molecule has 1 aliphatic rings. The molecule has 31 heavy (non-hydrogen) atoms. The zero-order valence-electron chi connectivity index (χ0n) is 16.1. The fourth-order valence-electron chi connectivity index (χ4n) is 2.92. The fraction of sp³-hybridized carbons (Fsp3) is 0.100. The first-order chi connectivity index (χ1) is 14.9. The quantitative estimate of drug-likeness (QED) is 0.597. The van der Waals surface area contributed by atoms with E-state index < -0.39 is 15.9 Å². The van der Waals surface area contributed by atoms with Crippen LogP contribution in [0.1, 0.15) is 0 Å². The summed E-state index contributed by atoms with van der Waals surface area (Å²) in [5, 5.41) is 2.66. The number of ether oxygens (including phenoxy) is 1. The molecule has 2 amide bonds. The summed E-state index contributed by atoms with van der Waals surface area (Å²) in [6, 6.07) is 14.1. The van der Waals surface area contributed by atoms with Gasteiger partial charge in [0.1, 0.15) is 12.3 Å². The number of rotatable bonds is 6.